The van der Waals surface area contributed by atoms with Crippen LogP contribution in [0.15, 0.2) is 35.2 Å². The van der Waals surface area contributed by atoms with Crippen molar-refractivity contribution in [3.63, 3.8) is 0 Å². The van der Waals surface area contributed by atoms with Crippen LogP contribution in [0.1, 0.15) is 45.4 Å². The molecule has 166 valence electrons. The van der Waals surface area contributed by atoms with Gasteiger partial charge in [-0.1, -0.05) is 6.07 Å². The Balaban J connectivity index is 1.04. The summed E-state index contributed by atoms with van der Waals surface area (Å²) in [6, 6.07) is 6.11. The monoisotopic (exact) mass is 443 g/mol. The molecule has 2 aromatic rings. The normalized spacial score (nSPS) is 25.0. The third kappa shape index (κ3) is 4.59. The molecule has 1 aromatic heterocycles. The first-order valence-corrected chi connectivity index (χ1v) is 12.1. The molecule has 0 spiro atoms. The highest BCUT2D eigenvalue weighted by Crippen LogP contribution is 2.37. The molecule has 2 amide bonds. The van der Waals surface area contributed by atoms with Crippen molar-refractivity contribution in [3.8, 4) is 5.75 Å². The van der Waals surface area contributed by atoms with E-state index in [1.807, 2.05) is 30.6 Å². The molecule has 3 aliphatic rings. The Morgan fingerprint density at radius 3 is 2.68 bits per heavy atom. The quantitative estimate of drug-likeness (QED) is 0.638. The van der Waals surface area contributed by atoms with Gasteiger partial charge in [0.1, 0.15) is 28.9 Å². The number of rotatable bonds is 6. The van der Waals surface area contributed by atoms with Gasteiger partial charge in [-0.3, -0.25) is 0 Å². The maximum atomic E-state index is 12.6. The molecule has 2 aliphatic carbocycles. The van der Waals surface area contributed by atoms with E-state index in [4.69, 9.17) is 9.47 Å². The van der Waals surface area contributed by atoms with E-state index in [0.29, 0.717) is 30.5 Å². The molecule has 0 atom stereocenters. The largest absolute Gasteiger partial charge is 0.509 e. The molecule has 2 N–H and O–H groups in total. The van der Waals surface area contributed by atoms with Crippen LogP contribution in [0.5, 0.6) is 5.75 Å². The number of benzene rings is 1. The van der Waals surface area contributed by atoms with E-state index in [2.05, 4.69) is 10.3 Å². The molecular formula is C23H29N3O4S. The fourth-order valence-electron chi connectivity index (χ4n) is 4.36. The van der Waals surface area contributed by atoms with Crippen molar-refractivity contribution in [3.05, 3.63) is 35.2 Å². The smallest absolute Gasteiger partial charge is 0.317 e. The predicted octanol–water partition coefficient (Wildman–Crippen LogP) is 4.60. The van der Waals surface area contributed by atoms with Crippen molar-refractivity contribution in [2.24, 2.45) is 5.92 Å². The van der Waals surface area contributed by atoms with Gasteiger partial charge in [-0.05, 0) is 57.6 Å². The molecule has 8 heteroatoms. The van der Waals surface area contributed by atoms with E-state index in [9.17, 15) is 9.90 Å². The van der Waals surface area contributed by atoms with Crippen molar-refractivity contribution < 1.29 is 19.4 Å². The average molecular weight is 444 g/mol. The minimum absolute atomic E-state index is 0.0103. The molecule has 1 aromatic carbocycles. The molecule has 7 nitrogen and oxygen atoms in total. The van der Waals surface area contributed by atoms with Crippen LogP contribution in [-0.4, -0.2) is 52.4 Å². The molecule has 31 heavy (non-hydrogen) atoms. The number of urea groups is 1. The summed E-state index contributed by atoms with van der Waals surface area (Å²) in [5.41, 5.74) is 2.72. The number of hydrogen-bond acceptors (Lipinski definition) is 6. The molecule has 5 rings (SSSR count). The summed E-state index contributed by atoms with van der Waals surface area (Å²) >= 11 is 1.60. The fraction of sp³-hybridized carbons (Fsp3) is 0.565. The van der Waals surface area contributed by atoms with E-state index in [-0.39, 0.29) is 24.3 Å². The molecular weight excluding hydrogens is 414 g/mol. The Hall–Kier alpha value is -2.48. The first-order valence-electron chi connectivity index (χ1n) is 11.2. The topological polar surface area (TPSA) is 83.9 Å². The van der Waals surface area contributed by atoms with Gasteiger partial charge in [-0.15, -0.1) is 11.3 Å². The summed E-state index contributed by atoms with van der Waals surface area (Å²) in [6.45, 7) is 3.04. The number of allylic oxidation sites excluding steroid dienone is 2. The molecule has 0 bridgehead atoms. The van der Waals surface area contributed by atoms with Crippen LogP contribution in [0.3, 0.4) is 0 Å². The van der Waals surface area contributed by atoms with Gasteiger partial charge in [0, 0.05) is 12.0 Å². The first kappa shape index (κ1) is 20.4. The number of carbonyl (C=O) groups is 1. The summed E-state index contributed by atoms with van der Waals surface area (Å²) in [4.78, 5) is 18.8. The number of aliphatic hydroxyl groups is 1. The van der Waals surface area contributed by atoms with Crippen molar-refractivity contribution in [1.82, 2.24) is 15.2 Å². The molecule has 1 aliphatic heterocycles. The third-order valence-electron chi connectivity index (χ3n) is 6.42. The molecule has 3 fully saturated rings. The fourth-order valence-corrected chi connectivity index (χ4v) is 5.05. The van der Waals surface area contributed by atoms with Crippen molar-refractivity contribution in [2.75, 3.05) is 13.1 Å². The minimum atomic E-state index is -0.0152. The standard InChI is InChI=1S/C23H29N3O4S/c1-14(22(27)15-5-6-15)29-17-9-7-16(8-10-17)25-23(28)26-11-18(12-26)30-19-3-2-4-20-21(19)24-13-31-20/h2-4,13,15-18,27H,5-12H2,1H3,(H,25,28)/b22-14-/t16-,17-. The Morgan fingerprint density at radius 1 is 1.16 bits per heavy atom. The van der Waals surface area contributed by atoms with Crippen LogP contribution in [0, 0.1) is 5.92 Å². The number of thiazole rings is 1. The summed E-state index contributed by atoms with van der Waals surface area (Å²) in [7, 11) is 0. The molecule has 2 saturated carbocycles. The number of aromatic nitrogens is 1. The second-order valence-electron chi connectivity index (χ2n) is 8.86. The van der Waals surface area contributed by atoms with Crippen LogP contribution in [0.2, 0.25) is 0 Å². The van der Waals surface area contributed by atoms with Crippen molar-refractivity contribution in [1.29, 1.82) is 0 Å². The molecule has 0 radical (unpaired) electrons. The Bertz CT molecular complexity index is 972. The van der Waals surface area contributed by atoms with Crippen LogP contribution in [-0.2, 0) is 4.74 Å². The van der Waals surface area contributed by atoms with Gasteiger partial charge in [0.05, 0.1) is 29.4 Å². The van der Waals surface area contributed by atoms with Gasteiger partial charge in [0.2, 0.25) is 0 Å². The Morgan fingerprint density at radius 2 is 1.94 bits per heavy atom. The predicted molar refractivity (Wildman–Crippen MR) is 119 cm³/mol. The van der Waals surface area contributed by atoms with Gasteiger partial charge in [0.25, 0.3) is 0 Å². The first-order chi connectivity index (χ1) is 15.1. The van der Waals surface area contributed by atoms with Crippen molar-refractivity contribution in [2.45, 2.75) is 63.7 Å². The van der Waals surface area contributed by atoms with Crippen LogP contribution >= 0.6 is 11.3 Å². The number of nitrogens with zero attached hydrogens (tertiary/aromatic N) is 2. The number of amides is 2. The SMILES string of the molecule is C/C(O[C@H]1CC[C@H](NC(=O)N2CC(Oc3cccc4scnc34)C2)CC1)=C(/O)C1CC1. The molecule has 2 heterocycles. The second-order valence-corrected chi connectivity index (χ2v) is 9.74. The van der Waals surface area contributed by atoms with Gasteiger partial charge in [-0.25, -0.2) is 9.78 Å². The lowest BCUT2D eigenvalue weighted by Crippen LogP contribution is -2.60. The second kappa shape index (κ2) is 8.57. The van der Waals surface area contributed by atoms with E-state index in [0.717, 1.165) is 54.5 Å². The zero-order valence-electron chi connectivity index (χ0n) is 17.8. The van der Waals surface area contributed by atoms with Gasteiger partial charge >= 0.3 is 6.03 Å². The lowest BCUT2D eigenvalue weighted by atomic mass is 9.93. The molecule has 1 saturated heterocycles. The van der Waals surface area contributed by atoms with E-state index < -0.39 is 0 Å². The summed E-state index contributed by atoms with van der Waals surface area (Å²) < 4.78 is 13.1. The zero-order valence-corrected chi connectivity index (χ0v) is 18.6. The summed E-state index contributed by atoms with van der Waals surface area (Å²) in [6.07, 6.45) is 5.84. The maximum absolute atomic E-state index is 12.6. The number of ether oxygens (including phenoxy) is 2. The van der Waals surface area contributed by atoms with Crippen LogP contribution in [0.25, 0.3) is 10.2 Å². The Labute approximate surface area is 186 Å². The maximum Gasteiger partial charge on any atom is 0.317 e. The zero-order chi connectivity index (χ0) is 21.4. The van der Waals surface area contributed by atoms with Gasteiger partial charge < -0.3 is 24.8 Å². The lowest BCUT2D eigenvalue weighted by molar-refractivity contribution is 0.0401. The van der Waals surface area contributed by atoms with E-state index in [1.165, 1.54) is 0 Å². The third-order valence-corrected chi connectivity index (χ3v) is 7.22. The van der Waals surface area contributed by atoms with E-state index >= 15 is 0 Å². The Kier molecular flexibility index (Phi) is 5.65. The number of likely N-dealkylation sites (tertiary alicyclic amines) is 1. The number of para-hydroxylation sites is 1. The number of aliphatic hydroxyl groups excluding tert-OH is 1. The highest BCUT2D eigenvalue weighted by Gasteiger charge is 2.35. The van der Waals surface area contributed by atoms with Crippen LogP contribution < -0.4 is 10.1 Å². The number of hydrogen-bond donors (Lipinski definition) is 2. The lowest BCUT2D eigenvalue weighted by Gasteiger charge is -2.40. The van der Waals surface area contributed by atoms with Crippen molar-refractivity contribution >= 4 is 27.6 Å². The average Bonchev–Trinajstić information content (AvgIpc) is 3.47. The summed E-state index contributed by atoms with van der Waals surface area (Å²) in [5.74, 6) is 2.21. The van der Waals surface area contributed by atoms with Gasteiger partial charge in [0.15, 0.2) is 0 Å². The molecule has 0 unspecified atom stereocenters. The number of nitrogens with one attached hydrogen (secondary N) is 1. The highest BCUT2D eigenvalue weighted by atomic mass is 32.1. The summed E-state index contributed by atoms with van der Waals surface area (Å²) in [5, 5.41) is 13.2. The minimum Gasteiger partial charge on any atom is -0.509 e. The van der Waals surface area contributed by atoms with Gasteiger partial charge in [-0.2, -0.15) is 0 Å². The van der Waals surface area contributed by atoms with Crippen LogP contribution in [0.4, 0.5) is 4.79 Å². The van der Waals surface area contributed by atoms with E-state index in [1.54, 1.807) is 16.2 Å². The number of fused-ring (bicyclic) bond motifs is 1. The number of carbonyl (C=O) groups excluding carboxylic acids is 1. The highest BCUT2D eigenvalue weighted by molar-refractivity contribution is 7.16.